The molecule has 3 aromatic rings. The number of nitro groups is 1. The summed E-state index contributed by atoms with van der Waals surface area (Å²) in [6.07, 6.45) is 3.86. The number of hydrogen-bond donors (Lipinski definition) is 1. The van der Waals surface area contributed by atoms with Gasteiger partial charge >= 0.3 is 5.97 Å². The predicted molar refractivity (Wildman–Crippen MR) is 145 cm³/mol. The molecule has 0 bridgehead atoms. The monoisotopic (exact) mass is 608 g/mol. The maximum Gasteiger partial charge on any atom is 0.355 e. The summed E-state index contributed by atoms with van der Waals surface area (Å²) in [6.45, 7) is 1.39. The van der Waals surface area contributed by atoms with E-state index in [2.05, 4.69) is 4.98 Å². The molecule has 2 aliphatic rings. The summed E-state index contributed by atoms with van der Waals surface area (Å²) in [7, 11) is -3.54. The molecule has 4 heterocycles. The average Bonchev–Trinajstić information content (AvgIpc) is 3.56. The lowest BCUT2D eigenvalue weighted by Crippen LogP contribution is -2.61. The number of hydrogen-bond acceptors (Lipinski definition) is 12. The molecular formula is C24H24N4O9S3. The van der Waals surface area contributed by atoms with Gasteiger partial charge in [0.05, 0.1) is 40.7 Å². The number of ether oxygens (including phenoxy) is 1. The largest absolute Gasteiger partial charge is 0.456 e. The third-order valence-corrected chi connectivity index (χ3v) is 9.37. The van der Waals surface area contributed by atoms with Gasteiger partial charge in [0.25, 0.3) is 15.8 Å². The molecule has 3 atom stereocenters. The summed E-state index contributed by atoms with van der Waals surface area (Å²) in [4.78, 5) is 43.9. The number of amides is 1. The van der Waals surface area contributed by atoms with E-state index in [0.717, 1.165) is 16.0 Å². The summed E-state index contributed by atoms with van der Waals surface area (Å²) in [5.74, 6) is -1.35. The van der Waals surface area contributed by atoms with Crippen LogP contribution >= 0.6 is 23.1 Å². The van der Waals surface area contributed by atoms with Crippen LogP contribution in [0.15, 0.2) is 47.5 Å². The van der Waals surface area contributed by atoms with Crippen LogP contribution < -0.4 is 0 Å². The number of non-ortho nitro benzene ring substituents is 1. The van der Waals surface area contributed by atoms with Gasteiger partial charge in [0.1, 0.15) is 28.5 Å². The molecule has 1 aromatic carbocycles. The van der Waals surface area contributed by atoms with Gasteiger partial charge in [-0.15, -0.1) is 23.1 Å². The van der Waals surface area contributed by atoms with Crippen molar-refractivity contribution in [3.8, 4) is 0 Å². The summed E-state index contributed by atoms with van der Waals surface area (Å²) >= 11 is 2.69. The molecule has 13 nitrogen and oxygen atoms in total. The maximum absolute atomic E-state index is 13.3. The quantitative estimate of drug-likeness (QED) is 0.0645. The van der Waals surface area contributed by atoms with Gasteiger partial charge in [-0.25, -0.2) is 9.78 Å². The first-order chi connectivity index (χ1) is 18.9. The molecule has 2 aromatic heterocycles. The Bertz CT molecular complexity index is 1630. The minimum absolute atomic E-state index is 0.00383. The van der Waals surface area contributed by atoms with E-state index in [1.165, 1.54) is 52.3 Å². The zero-order valence-corrected chi connectivity index (χ0v) is 23.7. The summed E-state index contributed by atoms with van der Waals surface area (Å²) < 4.78 is 34.5. The Morgan fingerprint density at radius 1 is 1.35 bits per heavy atom. The first-order valence-electron chi connectivity index (χ1n) is 12.0. The van der Waals surface area contributed by atoms with Crippen molar-refractivity contribution < 1.29 is 37.0 Å². The Kier molecular flexibility index (Phi) is 7.71. The van der Waals surface area contributed by atoms with Crippen molar-refractivity contribution in [2.75, 3.05) is 18.6 Å². The second kappa shape index (κ2) is 10.9. The van der Waals surface area contributed by atoms with Crippen LogP contribution in [0.5, 0.6) is 0 Å². The lowest BCUT2D eigenvalue weighted by atomic mass is 9.83. The fourth-order valence-corrected chi connectivity index (χ4v) is 7.28. The topological polar surface area (TPSA) is 171 Å². The van der Waals surface area contributed by atoms with Crippen molar-refractivity contribution in [3.05, 3.63) is 63.0 Å². The predicted octanol–water partition coefficient (Wildman–Crippen LogP) is 2.44. The van der Waals surface area contributed by atoms with E-state index < -0.39 is 33.0 Å². The smallest absolute Gasteiger partial charge is 0.355 e. The average molecular weight is 609 g/mol. The van der Waals surface area contributed by atoms with Gasteiger partial charge in [-0.2, -0.15) is 8.42 Å². The number of rotatable bonds is 11. The number of carbonyl (C=O) groups excluding carboxylic acids is 2. The van der Waals surface area contributed by atoms with Gasteiger partial charge in [0.2, 0.25) is 5.91 Å². The number of carbonyl (C=O) groups is 2. The minimum atomic E-state index is -3.54. The van der Waals surface area contributed by atoms with Crippen molar-refractivity contribution in [1.29, 1.82) is 0 Å². The van der Waals surface area contributed by atoms with E-state index in [1.807, 2.05) is 0 Å². The molecule has 0 saturated carbocycles. The molecule has 1 fully saturated rings. The molecule has 40 heavy (non-hydrogen) atoms. The van der Waals surface area contributed by atoms with Crippen molar-refractivity contribution in [2.45, 2.75) is 37.1 Å². The van der Waals surface area contributed by atoms with Crippen LogP contribution in [0.2, 0.25) is 0 Å². The molecule has 16 heteroatoms. The number of aromatic nitrogens is 2. The highest BCUT2D eigenvalue weighted by Crippen LogP contribution is 2.48. The standard InChI is InChI=1S/C24H24N4O9S3/c1-13(29)19-17-9-16(18-10-26-12-25-21(23(26)39-18)38-8-7-37-40(2,34)35)20(27(17)22(19)30)24(31)36-11-14-3-5-15(6-4-14)28(32)33/h3-6,10,12-13,17,19,29H,7-9,11H2,1-2H3/t13-,17-,19-/m1/s1. The van der Waals surface area contributed by atoms with Crippen LogP contribution in [0.1, 0.15) is 23.8 Å². The van der Waals surface area contributed by atoms with E-state index in [9.17, 15) is 33.2 Å². The number of thioether (sulfide) groups is 1. The first-order valence-corrected chi connectivity index (χ1v) is 15.6. The van der Waals surface area contributed by atoms with E-state index in [1.54, 1.807) is 23.8 Å². The number of nitro benzene ring substituents is 1. The van der Waals surface area contributed by atoms with Gasteiger partial charge < -0.3 is 14.7 Å². The number of benzene rings is 1. The third kappa shape index (κ3) is 5.49. The lowest BCUT2D eigenvalue weighted by molar-refractivity contribution is -0.384. The van der Waals surface area contributed by atoms with Gasteiger partial charge in [-0.1, -0.05) is 0 Å². The molecule has 0 spiro atoms. The van der Waals surface area contributed by atoms with Gasteiger partial charge in [0, 0.05) is 29.7 Å². The van der Waals surface area contributed by atoms with Crippen molar-refractivity contribution in [1.82, 2.24) is 14.3 Å². The molecule has 212 valence electrons. The second-order valence-electron chi connectivity index (χ2n) is 9.31. The van der Waals surface area contributed by atoms with E-state index in [-0.39, 0.29) is 36.5 Å². The molecule has 1 amide bonds. The van der Waals surface area contributed by atoms with E-state index in [4.69, 9.17) is 8.92 Å². The van der Waals surface area contributed by atoms with E-state index >= 15 is 0 Å². The Morgan fingerprint density at radius 3 is 2.73 bits per heavy atom. The molecule has 1 N–H and O–H groups in total. The van der Waals surface area contributed by atoms with Crippen LogP contribution in [0, 0.1) is 16.0 Å². The Hall–Kier alpha value is -3.31. The van der Waals surface area contributed by atoms with Gasteiger partial charge in [0.15, 0.2) is 0 Å². The fraction of sp³-hybridized carbons (Fsp3) is 0.375. The normalized spacial score (nSPS) is 19.6. The van der Waals surface area contributed by atoms with Crippen LogP contribution in [0.25, 0.3) is 10.4 Å². The van der Waals surface area contributed by atoms with Crippen LogP contribution in [0.4, 0.5) is 5.69 Å². The number of aliphatic hydroxyl groups excluding tert-OH is 1. The van der Waals surface area contributed by atoms with Crippen molar-refractivity contribution >= 4 is 61.2 Å². The van der Waals surface area contributed by atoms with Crippen LogP contribution in [0.3, 0.4) is 0 Å². The Morgan fingerprint density at radius 2 is 2.08 bits per heavy atom. The van der Waals surface area contributed by atoms with Gasteiger partial charge in [-0.3, -0.25) is 23.5 Å². The van der Waals surface area contributed by atoms with Gasteiger partial charge in [-0.05, 0) is 31.0 Å². The number of nitrogens with zero attached hydrogens (tertiary/aromatic N) is 4. The number of esters is 1. The molecule has 5 rings (SSSR count). The number of thiazole rings is 1. The van der Waals surface area contributed by atoms with Crippen LogP contribution in [-0.4, -0.2) is 75.4 Å². The summed E-state index contributed by atoms with van der Waals surface area (Å²) in [5.41, 5.74) is 1.19. The highest BCUT2D eigenvalue weighted by molar-refractivity contribution is 7.99. The number of aliphatic hydroxyl groups is 1. The highest BCUT2D eigenvalue weighted by atomic mass is 32.2. The molecule has 0 radical (unpaired) electrons. The molecule has 0 unspecified atom stereocenters. The zero-order valence-electron chi connectivity index (χ0n) is 21.3. The number of β-lactam (4-membered cyclic amide) rings is 1. The molecule has 0 aliphatic carbocycles. The molecular weight excluding hydrogens is 584 g/mol. The SMILES string of the molecule is C[C@@H](O)[C@H]1C(=O)N2C(C(=O)OCc3ccc([N+](=O)[O-])cc3)=C(c3cn4cnc(SCCOS(C)(=O)=O)c4s3)C[C@H]12. The Labute approximate surface area is 236 Å². The van der Waals surface area contributed by atoms with Crippen molar-refractivity contribution in [2.24, 2.45) is 5.92 Å². The summed E-state index contributed by atoms with van der Waals surface area (Å²) in [6, 6.07) is 5.23. The highest BCUT2D eigenvalue weighted by Gasteiger charge is 2.57. The number of imidazole rings is 1. The fourth-order valence-electron chi connectivity index (χ4n) is 4.75. The van der Waals surface area contributed by atoms with Crippen molar-refractivity contribution in [3.63, 3.8) is 0 Å². The molecule has 1 saturated heterocycles. The third-order valence-electron chi connectivity index (χ3n) is 6.54. The summed E-state index contributed by atoms with van der Waals surface area (Å²) in [5, 5.41) is 21.7. The number of fused-ring (bicyclic) bond motifs is 2. The maximum atomic E-state index is 13.3. The molecule has 2 aliphatic heterocycles. The Balaban J connectivity index is 1.39. The minimum Gasteiger partial charge on any atom is -0.456 e. The second-order valence-corrected chi connectivity index (χ2v) is 13.1. The van der Waals surface area contributed by atoms with Crippen LogP contribution in [-0.2, 0) is 35.2 Å². The lowest BCUT2D eigenvalue weighted by Gasteiger charge is -2.44. The van der Waals surface area contributed by atoms with E-state index in [0.29, 0.717) is 28.3 Å². The first kappa shape index (κ1) is 28.2. The zero-order chi connectivity index (χ0) is 28.8.